The van der Waals surface area contributed by atoms with E-state index in [1.807, 2.05) is 4.90 Å². The molecule has 0 spiro atoms. The fourth-order valence-electron chi connectivity index (χ4n) is 5.27. The standard InChI is InChI=1S/C20H29NO8S/c1-20(2,3)29-19(24)15-12-10-11-14(15)18(23)28-17(11)16(12)27-13(22)4-5-21-6-8-30(25,26)9-7-21/h11-12,14-17H,4-10H2,1-3H3. The topological polar surface area (TPSA) is 116 Å². The van der Waals surface area contributed by atoms with Crippen molar-refractivity contribution in [1.29, 1.82) is 0 Å². The molecular weight excluding hydrogens is 414 g/mol. The van der Waals surface area contributed by atoms with Gasteiger partial charge in [-0.25, -0.2) is 8.42 Å². The zero-order valence-corrected chi connectivity index (χ0v) is 18.4. The lowest BCUT2D eigenvalue weighted by Gasteiger charge is -2.32. The molecule has 30 heavy (non-hydrogen) atoms. The second kappa shape index (κ2) is 7.47. The molecule has 10 heteroatoms. The Hall–Kier alpha value is -1.68. The van der Waals surface area contributed by atoms with Crippen LogP contribution in [0.1, 0.15) is 33.6 Å². The molecule has 4 aliphatic rings. The van der Waals surface area contributed by atoms with Gasteiger partial charge in [0.15, 0.2) is 9.84 Å². The van der Waals surface area contributed by atoms with Gasteiger partial charge in [-0.05, 0) is 27.2 Å². The maximum Gasteiger partial charge on any atom is 0.310 e. The zero-order valence-electron chi connectivity index (χ0n) is 17.5. The molecule has 2 bridgehead atoms. The van der Waals surface area contributed by atoms with Crippen molar-refractivity contribution >= 4 is 27.7 Å². The lowest BCUT2D eigenvalue weighted by atomic mass is 9.78. The third kappa shape index (κ3) is 4.08. The van der Waals surface area contributed by atoms with Gasteiger partial charge in [-0.1, -0.05) is 0 Å². The Morgan fingerprint density at radius 2 is 1.83 bits per heavy atom. The summed E-state index contributed by atoms with van der Waals surface area (Å²) in [7, 11) is -2.97. The molecule has 9 nitrogen and oxygen atoms in total. The summed E-state index contributed by atoms with van der Waals surface area (Å²) in [5.74, 6) is -2.63. The molecule has 0 aromatic rings. The first-order chi connectivity index (χ1) is 14.0. The summed E-state index contributed by atoms with van der Waals surface area (Å²) in [6, 6.07) is 0. The number of hydrogen-bond donors (Lipinski definition) is 0. The molecule has 0 N–H and O–H groups in total. The van der Waals surface area contributed by atoms with Gasteiger partial charge in [-0.2, -0.15) is 0 Å². The molecule has 2 aliphatic heterocycles. The predicted octanol–water partition coefficient (Wildman–Crippen LogP) is 0.168. The summed E-state index contributed by atoms with van der Waals surface area (Å²) in [4.78, 5) is 39.5. The Morgan fingerprint density at radius 1 is 1.17 bits per heavy atom. The van der Waals surface area contributed by atoms with Crippen molar-refractivity contribution < 1.29 is 37.0 Å². The maximum absolute atomic E-state index is 12.8. The minimum atomic E-state index is -2.97. The zero-order chi connectivity index (χ0) is 21.8. The summed E-state index contributed by atoms with van der Waals surface area (Å²) in [5, 5.41) is 0. The van der Waals surface area contributed by atoms with Gasteiger partial charge in [-0.3, -0.25) is 14.4 Å². The van der Waals surface area contributed by atoms with Gasteiger partial charge >= 0.3 is 17.9 Å². The number of ether oxygens (including phenoxy) is 3. The molecule has 2 aliphatic carbocycles. The first kappa shape index (κ1) is 21.5. The highest BCUT2D eigenvalue weighted by atomic mass is 32.2. The number of hydrogen-bond acceptors (Lipinski definition) is 9. The van der Waals surface area contributed by atoms with E-state index < -0.39 is 57.4 Å². The molecule has 2 heterocycles. The van der Waals surface area contributed by atoms with Crippen LogP contribution in [0, 0.1) is 23.7 Å². The van der Waals surface area contributed by atoms with Crippen LogP contribution >= 0.6 is 0 Å². The number of sulfone groups is 1. The number of fused-ring (bicyclic) bond motifs is 1. The fraction of sp³-hybridized carbons (Fsp3) is 0.850. The quantitative estimate of drug-likeness (QED) is 0.433. The van der Waals surface area contributed by atoms with Crippen molar-refractivity contribution in [1.82, 2.24) is 4.90 Å². The van der Waals surface area contributed by atoms with E-state index in [2.05, 4.69) is 0 Å². The molecule has 168 valence electrons. The molecule has 2 saturated heterocycles. The summed E-state index contributed by atoms with van der Waals surface area (Å²) in [6.07, 6.45) is -0.401. The van der Waals surface area contributed by atoms with E-state index in [1.54, 1.807) is 20.8 Å². The highest BCUT2D eigenvalue weighted by Gasteiger charge is 2.70. The second-order valence-electron chi connectivity index (χ2n) is 9.75. The second-order valence-corrected chi connectivity index (χ2v) is 12.1. The molecule has 6 atom stereocenters. The van der Waals surface area contributed by atoms with Gasteiger partial charge in [0.25, 0.3) is 0 Å². The normalized spacial score (nSPS) is 37.1. The molecule has 6 unspecified atom stereocenters. The van der Waals surface area contributed by atoms with Gasteiger partial charge in [0.05, 0.1) is 29.8 Å². The Bertz CT molecular complexity index is 833. The van der Waals surface area contributed by atoms with Gasteiger partial charge in [0.2, 0.25) is 0 Å². The largest absolute Gasteiger partial charge is 0.460 e. The van der Waals surface area contributed by atoms with Crippen LogP contribution in [0.3, 0.4) is 0 Å². The van der Waals surface area contributed by atoms with Crippen molar-refractivity contribution in [3.8, 4) is 0 Å². The van der Waals surface area contributed by atoms with Gasteiger partial charge in [-0.15, -0.1) is 0 Å². The first-order valence-corrected chi connectivity index (χ1v) is 12.3. The SMILES string of the molecule is CC(C)(C)OC(=O)C1C2CC3C(OC(=O)C31)C2OC(=O)CCN1CCS(=O)(=O)CC1. The minimum absolute atomic E-state index is 0.103. The Balaban J connectivity index is 1.37. The average Bonchev–Trinajstić information content (AvgIpc) is 3.23. The molecular formula is C20H29NO8S. The number of esters is 3. The predicted molar refractivity (Wildman–Crippen MR) is 104 cm³/mol. The van der Waals surface area contributed by atoms with E-state index >= 15 is 0 Å². The Morgan fingerprint density at radius 3 is 2.47 bits per heavy atom. The van der Waals surface area contributed by atoms with Crippen LogP contribution in [0.5, 0.6) is 0 Å². The Kier molecular flexibility index (Phi) is 5.37. The van der Waals surface area contributed by atoms with Crippen LogP contribution in [-0.4, -0.2) is 80.2 Å². The fourth-order valence-corrected chi connectivity index (χ4v) is 6.55. The third-order valence-corrected chi connectivity index (χ3v) is 8.17. The van der Waals surface area contributed by atoms with E-state index in [4.69, 9.17) is 14.2 Å². The van der Waals surface area contributed by atoms with Crippen LogP contribution < -0.4 is 0 Å². The van der Waals surface area contributed by atoms with Crippen LogP contribution in [0.2, 0.25) is 0 Å². The summed E-state index contributed by atoms with van der Waals surface area (Å²) >= 11 is 0. The lowest BCUT2D eigenvalue weighted by Crippen LogP contribution is -2.45. The van der Waals surface area contributed by atoms with Gasteiger partial charge < -0.3 is 19.1 Å². The van der Waals surface area contributed by atoms with Crippen LogP contribution in [-0.2, 0) is 38.4 Å². The maximum atomic E-state index is 12.8. The van der Waals surface area contributed by atoms with E-state index in [0.29, 0.717) is 26.1 Å². The molecule has 2 saturated carbocycles. The minimum Gasteiger partial charge on any atom is -0.460 e. The number of carbonyl (C=O) groups excluding carboxylic acids is 3. The smallest absolute Gasteiger partial charge is 0.310 e. The van der Waals surface area contributed by atoms with Crippen LogP contribution in [0.4, 0.5) is 0 Å². The van der Waals surface area contributed by atoms with Crippen LogP contribution in [0.25, 0.3) is 0 Å². The average molecular weight is 444 g/mol. The Labute approximate surface area is 176 Å². The van der Waals surface area contributed by atoms with E-state index in [1.165, 1.54) is 0 Å². The molecule has 0 amide bonds. The summed E-state index contributed by atoms with van der Waals surface area (Å²) in [5.41, 5.74) is -0.672. The first-order valence-electron chi connectivity index (χ1n) is 10.5. The van der Waals surface area contributed by atoms with E-state index in [-0.39, 0.29) is 29.8 Å². The lowest BCUT2D eigenvalue weighted by molar-refractivity contribution is -0.171. The number of carbonyl (C=O) groups is 3. The van der Waals surface area contributed by atoms with Crippen molar-refractivity contribution in [2.75, 3.05) is 31.1 Å². The van der Waals surface area contributed by atoms with Crippen molar-refractivity contribution in [2.24, 2.45) is 23.7 Å². The van der Waals surface area contributed by atoms with Crippen LogP contribution in [0.15, 0.2) is 0 Å². The summed E-state index contributed by atoms with van der Waals surface area (Å²) in [6.45, 7) is 6.56. The van der Waals surface area contributed by atoms with E-state index in [0.717, 1.165) is 0 Å². The molecule has 0 radical (unpaired) electrons. The van der Waals surface area contributed by atoms with E-state index in [9.17, 15) is 22.8 Å². The highest BCUT2D eigenvalue weighted by Crippen LogP contribution is 2.59. The van der Waals surface area contributed by atoms with Crippen molar-refractivity contribution in [3.63, 3.8) is 0 Å². The molecule has 0 aromatic carbocycles. The summed E-state index contributed by atoms with van der Waals surface area (Å²) < 4.78 is 39.7. The number of nitrogens with zero attached hydrogens (tertiary/aromatic N) is 1. The molecule has 4 rings (SSSR count). The molecule has 0 aromatic heterocycles. The highest BCUT2D eigenvalue weighted by molar-refractivity contribution is 7.91. The monoisotopic (exact) mass is 443 g/mol. The van der Waals surface area contributed by atoms with Gasteiger partial charge in [0, 0.05) is 31.5 Å². The number of rotatable bonds is 5. The van der Waals surface area contributed by atoms with Crippen molar-refractivity contribution in [2.45, 2.75) is 51.4 Å². The van der Waals surface area contributed by atoms with Crippen molar-refractivity contribution in [3.05, 3.63) is 0 Å². The molecule has 4 fully saturated rings. The third-order valence-electron chi connectivity index (χ3n) is 6.56. The van der Waals surface area contributed by atoms with Gasteiger partial charge in [0.1, 0.15) is 17.8 Å².